The Morgan fingerprint density at radius 2 is 2.18 bits per heavy atom. The van der Waals surface area contributed by atoms with Gasteiger partial charge in [0.05, 0.1) is 18.8 Å². The number of amides is 1. The van der Waals surface area contributed by atoms with Crippen molar-refractivity contribution in [1.29, 1.82) is 0 Å². The Kier molecular flexibility index (Phi) is 3.81. The van der Waals surface area contributed by atoms with Crippen LogP contribution in [0.1, 0.15) is 33.7 Å². The number of aryl methyl sites for hydroxylation is 2. The summed E-state index contributed by atoms with van der Waals surface area (Å²) in [6, 6.07) is 5.22. The van der Waals surface area contributed by atoms with Crippen LogP contribution in [0.2, 0.25) is 0 Å². The number of nitrogens with two attached hydrogens (primary N) is 1. The van der Waals surface area contributed by atoms with Gasteiger partial charge in [-0.3, -0.25) is 9.78 Å². The SMILES string of the molecule is Cc1cc(N)cc(C2CN(C(=O)c3cc(C)on3)CCO2)n1. The van der Waals surface area contributed by atoms with Crippen molar-refractivity contribution in [2.45, 2.75) is 20.0 Å². The van der Waals surface area contributed by atoms with Crippen LogP contribution >= 0.6 is 0 Å². The zero-order valence-corrected chi connectivity index (χ0v) is 12.6. The van der Waals surface area contributed by atoms with Gasteiger partial charge in [-0.05, 0) is 26.0 Å². The summed E-state index contributed by atoms with van der Waals surface area (Å²) in [6.07, 6.45) is -0.284. The summed E-state index contributed by atoms with van der Waals surface area (Å²) in [5.41, 5.74) is 8.38. The highest BCUT2D eigenvalue weighted by Crippen LogP contribution is 2.23. The van der Waals surface area contributed by atoms with Gasteiger partial charge in [0.2, 0.25) is 0 Å². The van der Waals surface area contributed by atoms with E-state index in [1.807, 2.05) is 6.92 Å². The first kappa shape index (κ1) is 14.5. The number of hydrogen-bond acceptors (Lipinski definition) is 6. The first-order valence-corrected chi connectivity index (χ1v) is 7.11. The number of carbonyl (C=O) groups is 1. The predicted octanol–water partition coefficient (Wildman–Crippen LogP) is 1.48. The molecule has 1 unspecified atom stereocenters. The van der Waals surface area contributed by atoms with E-state index in [-0.39, 0.29) is 12.0 Å². The van der Waals surface area contributed by atoms with Gasteiger partial charge >= 0.3 is 0 Å². The van der Waals surface area contributed by atoms with E-state index in [0.717, 1.165) is 11.4 Å². The fraction of sp³-hybridized carbons (Fsp3) is 0.400. The van der Waals surface area contributed by atoms with Crippen LogP contribution in [0, 0.1) is 13.8 Å². The van der Waals surface area contributed by atoms with Crippen molar-refractivity contribution in [3.05, 3.63) is 41.0 Å². The molecule has 1 aliphatic rings. The second kappa shape index (κ2) is 5.76. The molecule has 0 radical (unpaired) electrons. The monoisotopic (exact) mass is 302 g/mol. The molecule has 3 heterocycles. The number of anilines is 1. The largest absolute Gasteiger partial charge is 0.399 e. The first-order chi connectivity index (χ1) is 10.5. The number of ether oxygens (including phenoxy) is 1. The minimum absolute atomic E-state index is 0.161. The van der Waals surface area contributed by atoms with Crippen molar-refractivity contribution in [2.24, 2.45) is 0 Å². The maximum absolute atomic E-state index is 12.4. The number of aromatic nitrogens is 2. The lowest BCUT2D eigenvalue weighted by molar-refractivity contribution is -0.0250. The molecule has 2 aromatic heterocycles. The van der Waals surface area contributed by atoms with Crippen molar-refractivity contribution in [3.63, 3.8) is 0 Å². The molecule has 3 rings (SSSR count). The van der Waals surface area contributed by atoms with E-state index in [0.29, 0.717) is 36.8 Å². The number of nitrogen functional groups attached to an aromatic ring is 1. The number of hydrogen-bond donors (Lipinski definition) is 1. The van der Waals surface area contributed by atoms with Crippen LogP contribution in [-0.2, 0) is 4.74 Å². The van der Waals surface area contributed by atoms with Gasteiger partial charge in [-0.2, -0.15) is 0 Å². The topological polar surface area (TPSA) is 94.5 Å². The summed E-state index contributed by atoms with van der Waals surface area (Å²) >= 11 is 0. The van der Waals surface area contributed by atoms with Gasteiger partial charge in [0.25, 0.3) is 5.91 Å². The van der Waals surface area contributed by atoms with E-state index in [1.165, 1.54) is 0 Å². The fourth-order valence-electron chi connectivity index (χ4n) is 2.53. The molecule has 22 heavy (non-hydrogen) atoms. The zero-order valence-electron chi connectivity index (χ0n) is 12.6. The summed E-state index contributed by atoms with van der Waals surface area (Å²) in [6.45, 7) is 5.01. The van der Waals surface area contributed by atoms with Crippen molar-refractivity contribution >= 4 is 11.6 Å². The summed E-state index contributed by atoms with van der Waals surface area (Å²) in [4.78, 5) is 18.6. The van der Waals surface area contributed by atoms with Crippen molar-refractivity contribution in [2.75, 3.05) is 25.4 Å². The Balaban J connectivity index is 1.78. The number of morpholine rings is 1. The van der Waals surface area contributed by atoms with E-state index < -0.39 is 0 Å². The second-order valence-electron chi connectivity index (χ2n) is 5.40. The molecule has 1 saturated heterocycles. The number of pyridine rings is 1. The van der Waals surface area contributed by atoms with Crippen molar-refractivity contribution in [3.8, 4) is 0 Å². The van der Waals surface area contributed by atoms with E-state index >= 15 is 0 Å². The molecule has 1 fully saturated rings. The maximum Gasteiger partial charge on any atom is 0.276 e. The predicted molar refractivity (Wildman–Crippen MR) is 79.2 cm³/mol. The molecular formula is C15H18N4O3. The molecule has 0 saturated carbocycles. The lowest BCUT2D eigenvalue weighted by Crippen LogP contribution is -2.42. The standard InChI is InChI=1S/C15H18N4O3/c1-9-5-11(16)7-12(17-9)14-8-19(3-4-21-14)15(20)13-6-10(2)22-18-13/h5-7,14H,3-4,8H2,1-2H3,(H2,16,17). The number of carbonyl (C=O) groups excluding carboxylic acids is 1. The minimum atomic E-state index is -0.284. The third kappa shape index (κ3) is 2.94. The Hall–Kier alpha value is -2.41. The van der Waals surface area contributed by atoms with Gasteiger partial charge in [-0.1, -0.05) is 5.16 Å². The molecule has 0 spiro atoms. The lowest BCUT2D eigenvalue weighted by atomic mass is 10.1. The Bertz CT molecular complexity index is 678. The molecule has 2 N–H and O–H groups in total. The lowest BCUT2D eigenvalue weighted by Gasteiger charge is -2.32. The first-order valence-electron chi connectivity index (χ1n) is 7.11. The van der Waals surface area contributed by atoms with Crippen LogP contribution in [0.3, 0.4) is 0 Å². The molecular weight excluding hydrogens is 284 g/mol. The van der Waals surface area contributed by atoms with E-state index in [2.05, 4.69) is 10.1 Å². The Morgan fingerprint density at radius 3 is 2.86 bits per heavy atom. The molecule has 0 bridgehead atoms. The average molecular weight is 302 g/mol. The molecule has 1 atom stereocenters. The zero-order chi connectivity index (χ0) is 15.7. The normalized spacial score (nSPS) is 18.5. The van der Waals surface area contributed by atoms with E-state index in [4.69, 9.17) is 15.0 Å². The van der Waals surface area contributed by atoms with Gasteiger partial charge in [0.1, 0.15) is 11.9 Å². The molecule has 0 aromatic carbocycles. The van der Waals surface area contributed by atoms with Crippen LogP contribution in [0.5, 0.6) is 0 Å². The van der Waals surface area contributed by atoms with Gasteiger partial charge in [-0.15, -0.1) is 0 Å². The molecule has 7 nitrogen and oxygen atoms in total. The average Bonchev–Trinajstić information content (AvgIpc) is 2.92. The maximum atomic E-state index is 12.4. The number of rotatable bonds is 2. The number of nitrogens with zero attached hydrogens (tertiary/aromatic N) is 3. The molecule has 7 heteroatoms. The van der Waals surface area contributed by atoms with Gasteiger partial charge < -0.3 is 19.9 Å². The molecule has 1 aliphatic heterocycles. The third-order valence-electron chi connectivity index (χ3n) is 3.53. The molecule has 2 aromatic rings. The quantitative estimate of drug-likeness (QED) is 0.903. The van der Waals surface area contributed by atoms with Crippen molar-refractivity contribution in [1.82, 2.24) is 15.0 Å². The Labute approximate surface area is 128 Å². The summed E-state index contributed by atoms with van der Waals surface area (Å²) < 4.78 is 10.7. The van der Waals surface area contributed by atoms with Crippen LogP contribution < -0.4 is 5.73 Å². The highest BCUT2D eigenvalue weighted by Gasteiger charge is 2.28. The van der Waals surface area contributed by atoms with Crippen molar-refractivity contribution < 1.29 is 14.1 Å². The van der Waals surface area contributed by atoms with Gasteiger partial charge in [0, 0.05) is 24.0 Å². The van der Waals surface area contributed by atoms with Crippen LogP contribution in [-0.4, -0.2) is 40.6 Å². The summed E-state index contributed by atoms with van der Waals surface area (Å²) in [5.74, 6) is 0.451. The second-order valence-corrected chi connectivity index (χ2v) is 5.40. The van der Waals surface area contributed by atoms with Gasteiger partial charge in [-0.25, -0.2) is 0 Å². The summed E-state index contributed by atoms with van der Waals surface area (Å²) in [5, 5.41) is 3.77. The summed E-state index contributed by atoms with van der Waals surface area (Å²) in [7, 11) is 0. The van der Waals surface area contributed by atoms with Crippen LogP contribution in [0.25, 0.3) is 0 Å². The molecule has 0 aliphatic carbocycles. The third-order valence-corrected chi connectivity index (χ3v) is 3.53. The molecule has 1 amide bonds. The fourth-order valence-corrected chi connectivity index (χ4v) is 2.53. The van der Waals surface area contributed by atoms with E-state index in [1.54, 1.807) is 30.0 Å². The van der Waals surface area contributed by atoms with Crippen LogP contribution in [0.4, 0.5) is 5.69 Å². The van der Waals surface area contributed by atoms with Gasteiger partial charge in [0.15, 0.2) is 5.69 Å². The van der Waals surface area contributed by atoms with E-state index in [9.17, 15) is 4.79 Å². The Morgan fingerprint density at radius 1 is 1.36 bits per heavy atom. The minimum Gasteiger partial charge on any atom is -0.399 e. The van der Waals surface area contributed by atoms with Crippen LogP contribution in [0.15, 0.2) is 22.7 Å². The highest BCUT2D eigenvalue weighted by molar-refractivity contribution is 5.92. The highest BCUT2D eigenvalue weighted by atomic mass is 16.5. The smallest absolute Gasteiger partial charge is 0.276 e. The molecule has 116 valence electrons.